The van der Waals surface area contributed by atoms with Crippen LogP contribution in [0.25, 0.3) is 5.69 Å². The molecule has 1 aromatic heterocycles. The predicted molar refractivity (Wildman–Crippen MR) is 108 cm³/mol. The molecule has 0 aliphatic carbocycles. The highest BCUT2D eigenvalue weighted by atomic mass is 32.2. The molecule has 0 fully saturated rings. The van der Waals surface area contributed by atoms with E-state index >= 15 is 0 Å². The summed E-state index contributed by atoms with van der Waals surface area (Å²) in [5.41, 5.74) is 1.31. The lowest BCUT2D eigenvalue weighted by Gasteiger charge is -2.15. The van der Waals surface area contributed by atoms with Crippen LogP contribution in [0.4, 0.5) is 8.78 Å². The molecule has 31 heavy (non-hydrogen) atoms. The van der Waals surface area contributed by atoms with Crippen molar-refractivity contribution >= 4 is 15.8 Å². The second-order valence-corrected chi connectivity index (χ2v) is 8.84. The molecule has 3 rings (SSSR count). The minimum atomic E-state index is -3.62. The van der Waals surface area contributed by atoms with Gasteiger partial charge in [-0.25, -0.2) is 26.7 Å². The Morgan fingerprint density at radius 2 is 1.84 bits per heavy atom. The van der Waals surface area contributed by atoms with E-state index in [1.165, 1.54) is 29.2 Å². The van der Waals surface area contributed by atoms with E-state index in [-0.39, 0.29) is 35.0 Å². The molecule has 2 aromatic carbocycles. The van der Waals surface area contributed by atoms with Gasteiger partial charge in [-0.1, -0.05) is 0 Å². The summed E-state index contributed by atoms with van der Waals surface area (Å²) in [5, 5.41) is 4.13. The first-order valence-electron chi connectivity index (χ1n) is 9.23. The summed E-state index contributed by atoms with van der Waals surface area (Å²) in [4.78, 5) is 11.7. The molecule has 7 nitrogen and oxygen atoms in total. The highest BCUT2D eigenvalue weighted by Crippen LogP contribution is 2.29. The van der Waals surface area contributed by atoms with Crippen LogP contribution in [0.15, 0.2) is 47.6 Å². The van der Waals surface area contributed by atoms with Crippen LogP contribution in [-0.2, 0) is 21.2 Å². The quantitative estimate of drug-likeness (QED) is 0.511. The van der Waals surface area contributed by atoms with Crippen molar-refractivity contribution in [3.05, 3.63) is 71.1 Å². The first kappa shape index (κ1) is 22.4. The Balaban J connectivity index is 1.95. The third-order valence-corrected chi connectivity index (χ3v) is 5.40. The number of esters is 1. The molecule has 10 heteroatoms. The number of nitrogens with zero attached hydrogens (tertiary/aromatic N) is 2. The Hall–Kier alpha value is -3.27. The maximum atomic E-state index is 14.0. The maximum absolute atomic E-state index is 14.0. The molecule has 0 N–H and O–H groups in total. The molecule has 0 spiro atoms. The minimum Gasteiger partial charge on any atom is -0.487 e. The monoisotopic (exact) mass is 450 g/mol. The molecule has 0 radical (unpaired) electrons. The summed E-state index contributed by atoms with van der Waals surface area (Å²) in [7, 11) is -3.62. The minimum absolute atomic E-state index is 0.0844. The summed E-state index contributed by atoms with van der Waals surface area (Å²) >= 11 is 0. The molecular weight excluding hydrogens is 430 g/mol. The lowest BCUT2D eigenvalue weighted by Crippen LogP contribution is -2.07. The largest absolute Gasteiger partial charge is 0.487 e. The fourth-order valence-electron chi connectivity index (χ4n) is 2.95. The smallest absolute Gasteiger partial charge is 0.341 e. The normalized spacial score (nSPS) is 11.4. The molecule has 0 saturated heterocycles. The van der Waals surface area contributed by atoms with E-state index in [1.807, 2.05) is 0 Å². The molecule has 0 bridgehead atoms. The number of halogens is 2. The van der Waals surface area contributed by atoms with Crippen molar-refractivity contribution in [2.75, 3.05) is 12.9 Å². The number of hydrogen-bond acceptors (Lipinski definition) is 6. The standard InChI is InChI=1S/C21H20F2N2O5S/c1-4-29-21(26)15-10-24-25(11-15)20-13(2)5-16(22)9-19(20)30-12-14-6-17(23)8-18(7-14)31(3,27)28/h5-11H,4,12H2,1-3H3. The second-order valence-electron chi connectivity index (χ2n) is 6.82. The van der Waals surface area contributed by atoms with Crippen molar-refractivity contribution in [3.8, 4) is 11.4 Å². The molecule has 0 aliphatic rings. The number of aryl methyl sites for hydroxylation is 1. The average Bonchev–Trinajstić information content (AvgIpc) is 3.14. The predicted octanol–water partition coefficient (Wildman–Crippen LogP) is 3.62. The summed E-state index contributed by atoms with van der Waals surface area (Å²) in [5.74, 6) is -1.77. The van der Waals surface area contributed by atoms with Gasteiger partial charge in [-0.3, -0.25) is 0 Å². The third kappa shape index (κ3) is 5.26. The van der Waals surface area contributed by atoms with Crippen LogP contribution in [0.3, 0.4) is 0 Å². The van der Waals surface area contributed by atoms with E-state index in [2.05, 4.69) is 5.10 Å². The van der Waals surface area contributed by atoms with Crippen molar-refractivity contribution in [3.63, 3.8) is 0 Å². The zero-order chi connectivity index (χ0) is 22.8. The van der Waals surface area contributed by atoms with Crippen LogP contribution in [0, 0.1) is 18.6 Å². The molecular formula is C21H20F2N2O5S. The fourth-order valence-corrected chi connectivity index (χ4v) is 3.64. The Morgan fingerprint density at radius 3 is 2.52 bits per heavy atom. The Bertz CT molecular complexity index is 1240. The highest BCUT2D eigenvalue weighted by Gasteiger charge is 2.17. The summed E-state index contributed by atoms with van der Waals surface area (Å²) in [6, 6.07) is 5.74. The van der Waals surface area contributed by atoms with Crippen molar-refractivity contribution in [1.29, 1.82) is 0 Å². The maximum Gasteiger partial charge on any atom is 0.341 e. The Morgan fingerprint density at radius 1 is 1.13 bits per heavy atom. The van der Waals surface area contributed by atoms with Crippen molar-refractivity contribution < 1.29 is 31.5 Å². The summed E-state index contributed by atoms with van der Waals surface area (Å²) < 4.78 is 63.4. The SMILES string of the molecule is CCOC(=O)c1cnn(-c2c(C)cc(F)cc2OCc2cc(F)cc(S(C)(=O)=O)c2)c1. The molecule has 0 saturated carbocycles. The number of hydrogen-bond donors (Lipinski definition) is 0. The van der Waals surface area contributed by atoms with Crippen molar-refractivity contribution in [2.24, 2.45) is 0 Å². The van der Waals surface area contributed by atoms with Gasteiger partial charge in [0.05, 0.1) is 23.3 Å². The van der Waals surface area contributed by atoms with Gasteiger partial charge in [0.1, 0.15) is 29.7 Å². The van der Waals surface area contributed by atoms with E-state index in [0.717, 1.165) is 24.5 Å². The number of sulfone groups is 1. The Kier molecular flexibility index (Phi) is 6.40. The summed E-state index contributed by atoms with van der Waals surface area (Å²) in [6.45, 7) is 3.31. The van der Waals surface area contributed by atoms with Gasteiger partial charge in [0.15, 0.2) is 9.84 Å². The van der Waals surface area contributed by atoms with Crippen molar-refractivity contribution in [2.45, 2.75) is 25.3 Å². The van der Waals surface area contributed by atoms with Crippen LogP contribution in [-0.4, -0.2) is 37.0 Å². The van der Waals surface area contributed by atoms with E-state index in [4.69, 9.17) is 9.47 Å². The average molecular weight is 450 g/mol. The second kappa shape index (κ2) is 8.84. The van der Waals surface area contributed by atoms with E-state index in [0.29, 0.717) is 11.3 Å². The van der Waals surface area contributed by atoms with Crippen molar-refractivity contribution in [1.82, 2.24) is 9.78 Å². The first-order chi connectivity index (χ1) is 14.6. The molecule has 164 valence electrons. The van der Waals surface area contributed by atoms with Crippen LogP contribution >= 0.6 is 0 Å². The van der Waals surface area contributed by atoms with Gasteiger partial charge < -0.3 is 9.47 Å². The van der Waals surface area contributed by atoms with E-state index in [9.17, 15) is 22.0 Å². The van der Waals surface area contributed by atoms with Crippen LogP contribution in [0.2, 0.25) is 0 Å². The lowest BCUT2D eigenvalue weighted by atomic mass is 10.1. The topological polar surface area (TPSA) is 87.5 Å². The van der Waals surface area contributed by atoms with Gasteiger partial charge in [0.2, 0.25) is 0 Å². The molecule has 0 amide bonds. The van der Waals surface area contributed by atoms with Gasteiger partial charge in [-0.2, -0.15) is 5.10 Å². The molecule has 0 atom stereocenters. The highest BCUT2D eigenvalue weighted by molar-refractivity contribution is 7.90. The fraction of sp³-hybridized carbons (Fsp3) is 0.238. The first-order valence-corrected chi connectivity index (χ1v) is 11.1. The van der Waals surface area contributed by atoms with Gasteiger partial charge >= 0.3 is 5.97 Å². The van der Waals surface area contributed by atoms with E-state index in [1.54, 1.807) is 13.8 Å². The molecule has 3 aromatic rings. The lowest BCUT2D eigenvalue weighted by molar-refractivity contribution is 0.0526. The van der Waals surface area contributed by atoms with Gasteiger partial charge in [0.25, 0.3) is 0 Å². The van der Waals surface area contributed by atoms with Crippen LogP contribution in [0.5, 0.6) is 5.75 Å². The van der Waals surface area contributed by atoms with E-state index < -0.39 is 27.4 Å². The Labute approximate surface area is 178 Å². The molecule has 0 aliphatic heterocycles. The molecule has 0 unspecified atom stereocenters. The van der Waals surface area contributed by atoms with Gasteiger partial charge in [-0.05, 0) is 49.2 Å². The number of carbonyl (C=O) groups is 1. The number of aromatic nitrogens is 2. The zero-order valence-electron chi connectivity index (χ0n) is 17.1. The van der Waals surface area contributed by atoms with Crippen LogP contribution in [0.1, 0.15) is 28.4 Å². The number of carbonyl (C=O) groups excluding carboxylic acids is 1. The summed E-state index contributed by atoms with van der Waals surface area (Å²) in [6.07, 6.45) is 3.71. The van der Waals surface area contributed by atoms with Gasteiger partial charge in [0, 0.05) is 18.5 Å². The number of ether oxygens (including phenoxy) is 2. The number of rotatable bonds is 7. The third-order valence-electron chi connectivity index (χ3n) is 4.31. The zero-order valence-corrected chi connectivity index (χ0v) is 17.9. The number of benzene rings is 2. The van der Waals surface area contributed by atoms with Crippen LogP contribution < -0.4 is 4.74 Å². The molecule has 1 heterocycles. The van der Waals surface area contributed by atoms with Gasteiger partial charge in [-0.15, -0.1) is 0 Å².